The second-order valence-corrected chi connectivity index (χ2v) is 2.76. The molecule has 0 fully saturated rings. The minimum Gasteiger partial charge on any atom is -0.479 e. The number of aromatic nitrogens is 3. The van der Waals surface area contributed by atoms with Crippen LogP contribution in [0.1, 0.15) is 12.7 Å². The average molecular weight is 199 g/mol. The van der Waals surface area contributed by atoms with E-state index in [0.717, 1.165) is 0 Å². The van der Waals surface area contributed by atoms with Crippen molar-refractivity contribution in [1.29, 1.82) is 0 Å². The van der Waals surface area contributed by atoms with E-state index < -0.39 is 12.1 Å². The Bertz CT molecular complexity index is 311. The molecule has 6 nitrogen and oxygen atoms in total. The molecule has 0 aliphatic heterocycles. The van der Waals surface area contributed by atoms with Crippen LogP contribution in [0.2, 0.25) is 0 Å². The van der Waals surface area contributed by atoms with Gasteiger partial charge in [-0.05, 0) is 6.92 Å². The van der Waals surface area contributed by atoms with Crippen molar-refractivity contribution in [2.75, 3.05) is 7.11 Å². The van der Waals surface area contributed by atoms with Crippen LogP contribution in [-0.4, -0.2) is 39.1 Å². The fourth-order valence-electron chi connectivity index (χ4n) is 1.15. The zero-order valence-corrected chi connectivity index (χ0v) is 8.17. The molecule has 1 aromatic heterocycles. The Balaban J connectivity index is 2.71. The van der Waals surface area contributed by atoms with Gasteiger partial charge in [-0.15, -0.1) is 0 Å². The summed E-state index contributed by atoms with van der Waals surface area (Å²) in [4.78, 5) is 14.6. The number of nitrogens with zero attached hydrogens (tertiary/aromatic N) is 3. The molecule has 0 aromatic carbocycles. The third kappa shape index (κ3) is 2.29. The Morgan fingerprint density at radius 2 is 2.50 bits per heavy atom. The second-order valence-electron chi connectivity index (χ2n) is 2.76. The highest BCUT2D eigenvalue weighted by Crippen LogP contribution is 2.02. The van der Waals surface area contributed by atoms with Crippen LogP contribution in [0, 0.1) is 0 Å². The van der Waals surface area contributed by atoms with E-state index in [0.29, 0.717) is 12.4 Å². The number of aliphatic carboxylic acids is 1. The lowest BCUT2D eigenvalue weighted by atomic mass is 10.2. The van der Waals surface area contributed by atoms with Crippen molar-refractivity contribution in [2.45, 2.75) is 26.0 Å². The molecule has 1 N–H and O–H groups in total. The first-order chi connectivity index (χ1) is 6.69. The van der Waals surface area contributed by atoms with Gasteiger partial charge < -0.3 is 9.84 Å². The third-order valence-corrected chi connectivity index (χ3v) is 1.92. The Hall–Kier alpha value is -1.43. The van der Waals surface area contributed by atoms with Crippen LogP contribution in [-0.2, 0) is 22.5 Å². The summed E-state index contributed by atoms with van der Waals surface area (Å²) >= 11 is 0. The van der Waals surface area contributed by atoms with Crippen LogP contribution < -0.4 is 0 Å². The SMILES string of the molecule is CCn1ncnc1CC(OC)C(=O)O. The van der Waals surface area contributed by atoms with Gasteiger partial charge in [0.05, 0.1) is 0 Å². The lowest BCUT2D eigenvalue weighted by Gasteiger charge is -2.09. The third-order valence-electron chi connectivity index (χ3n) is 1.92. The lowest BCUT2D eigenvalue weighted by molar-refractivity contribution is -0.148. The van der Waals surface area contributed by atoms with E-state index in [1.54, 1.807) is 4.68 Å². The quantitative estimate of drug-likeness (QED) is 0.718. The normalized spacial score (nSPS) is 12.7. The van der Waals surface area contributed by atoms with Crippen LogP contribution in [0.3, 0.4) is 0 Å². The summed E-state index contributed by atoms with van der Waals surface area (Å²) in [5.41, 5.74) is 0. The van der Waals surface area contributed by atoms with Crippen molar-refractivity contribution < 1.29 is 14.6 Å². The summed E-state index contributed by atoms with van der Waals surface area (Å²) in [5, 5.41) is 12.7. The molecule has 1 heterocycles. The van der Waals surface area contributed by atoms with E-state index in [2.05, 4.69) is 10.1 Å². The van der Waals surface area contributed by atoms with Crippen LogP contribution in [0.5, 0.6) is 0 Å². The predicted molar refractivity (Wildman–Crippen MR) is 47.8 cm³/mol. The second kappa shape index (κ2) is 4.71. The number of hydrogen-bond donors (Lipinski definition) is 1. The summed E-state index contributed by atoms with van der Waals surface area (Å²) in [5.74, 6) is -0.361. The summed E-state index contributed by atoms with van der Waals surface area (Å²) in [6, 6.07) is 0. The number of ether oxygens (including phenoxy) is 1. The van der Waals surface area contributed by atoms with E-state index >= 15 is 0 Å². The molecule has 0 radical (unpaired) electrons. The molecule has 0 bridgehead atoms. The Kier molecular flexibility index (Phi) is 3.58. The summed E-state index contributed by atoms with van der Waals surface area (Å²) in [7, 11) is 1.37. The molecule has 14 heavy (non-hydrogen) atoms. The molecule has 0 aliphatic rings. The molecule has 0 spiro atoms. The smallest absolute Gasteiger partial charge is 0.333 e. The van der Waals surface area contributed by atoms with Crippen LogP contribution in [0.25, 0.3) is 0 Å². The molecule has 1 atom stereocenters. The van der Waals surface area contributed by atoms with Gasteiger partial charge in [-0.2, -0.15) is 5.10 Å². The highest BCUT2D eigenvalue weighted by Gasteiger charge is 2.19. The number of rotatable bonds is 5. The summed E-state index contributed by atoms with van der Waals surface area (Å²) in [6.07, 6.45) is 0.789. The highest BCUT2D eigenvalue weighted by atomic mass is 16.5. The monoisotopic (exact) mass is 199 g/mol. The van der Waals surface area contributed by atoms with Gasteiger partial charge in [0.15, 0.2) is 6.10 Å². The fraction of sp³-hybridized carbons (Fsp3) is 0.625. The van der Waals surface area contributed by atoms with Crippen molar-refractivity contribution in [1.82, 2.24) is 14.8 Å². The van der Waals surface area contributed by atoms with Gasteiger partial charge in [-0.1, -0.05) is 0 Å². The number of carboxylic acid groups (broad SMARTS) is 1. The highest BCUT2D eigenvalue weighted by molar-refractivity contribution is 5.72. The van der Waals surface area contributed by atoms with E-state index in [1.807, 2.05) is 6.92 Å². The molecule has 0 saturated carbocycles. The molecule has 1 unspecified atom stereocenters. The van der Waals surface area contributed by atoms with Gasteiger partial charge in [0, 0.05) is 20.1 Å². The molecule has 6 heteroatoms. The van der Waals surface area contributed by atoms with Crippen molar-refractivity contribution in [3.05, 3.63) is 12.2 Å². The number of aryl methyl sites for hydroxylation is 1. The Labute approximate surface area is 81.5 Å². The number of hydrogen-bond acceptors (Lipinski definition) is 4. The molecule has 0 amide bonds. The summed E-state index contributed by atoms with van der Waals surface area (Å²) < 4.78 is 6.45. The van der Waals surface area contributed by atoms with Crippen molar-refractivity contribution in [2.24, 2.45) is 0 Å². The number of carboxylic acids is 1. The zero-order chi connectivity index (χ0) is 10.6. The molecule has 78 valence electrons. The average Bonchev–Trinajstić information content (AvgIpc) is 2.60. The van der Waals surface area contributed by atoms with E-state index in [-0.39, 0.29) is 6.42 Å². The molecular weight excluding hydrogens is 186 g/mol. The topological polar surface area (TPSA) is 77.2 Å². The lowest BCUT2D eigenvalue weighted by Crippen LogP contribution is -2.26. The fourth-order valence-corrected chi connectivity index (χ4v) is 1.15. The minimum absolute atomic E-state index is 0.236. The van der Waals surface area contributed by atoms with E-state index in [9.17, 15) is 4.79 Å². The minimum atomic E-state index is -0.988. The van der Waals surface area contributed by atoms with Gasteiger partial charge in [-0.3, -0.25) is 4.68 Å². The first-order valence-electron chi connectivity index (χ1n) is 4.31. The molecule has 0 saturated heterocycles. The van der Waals surface area contributed by atoms with Gasteiger partial charge in [0.2, 0.25) is 0 Å². The van der Waals surface area contributed by atoms with Gasteiger partial charge in [0.25, 0.3) is 0 Å². The van der Waals surface area contributed by atoms with Crippen molar-refractivity contribution in [3.8, 4) is 0 Å². The van der Waals surface area contributed by atoms with Gasteiger partial charge >= 0.3 is 5.97 Å². The largest absolute Gasteiger partial charge is 0.479 e. The van der Waals surface area contributed by atoms with Gasteiger partial charge in [0.1, 0.15) is 12.2 Å². The molecule has 1 rings (SSSR count). The van der Waals surface area contributed by atoms with Crippen molar-refractivity contribution >= 4 is 5.97 Å². The van der Waals surface area contributed by atoms with Crippen LogP contribution in [0.4, 0.5) is 0 Å². The van der Waals surface area contributed by atoms with Crippen molar-refractivity contribution in [3.63, 3.8) is 0 Å². The maximum atomic E-state index is 10.7. The van der Waals surface area contributed by atoms with Crippen LogP contribution >= 0.6 is 0 Å². The standard InChI is InChI=1S/C8H13N3O3/c1-3-11-7(9-5-10-11)4-6(14-2)8(12)13/h5-6H,3-4H2,1-2H3,(H,12,13). The molecule has 1 aromatic rings. The maximum absolute atomic E-state index is 10.7. The van der Waals surface area contributed by atoms with Crippen LogP contribution in [0.15, 0.2) is 6.33 Å². The van der Waals surface area contributed by atoms with E-state index in [4.69, 9.17) is 9.84 Å². The number of carbonyl (C=O) groups is 1. The van der Waals surface area contributed by atoms with Gasteiger partial charge in [-0.25, -0.2) is 9.78 Å². The van der Waals surface area contributed by atoms with E-state index in [1.165, 1.54) is 13.4 Å². The number of methoxy groups -OCH3 is 1. The molecule has 0 aliphatic carbocycles. The zero-order valence-electron chi connectivity index (χ0n) is 8.17. The molecular formula is C8H13N3O3. The maximum Gasteiger partial charge on any atom is 0.333 e. The first kappa shape index (κ1) is 10.6. The predicted octanol–water partition coefficient (Wildman–Crippen LogP) is -0.0599. The summed E-state index contributed by atoms with van der Waals surface area (Å²) in [6.45, 7) is 2.59. The Morgan fingerprint density at radius 1 is 1.79 bits per heavy atom. The first-order valence-corrected chi connectivity index (χ1v) is 4.31. The Morgan fingerprint density at radius 3 is 3.00 bits per heavy atom.